The van der Waals surface area contributed by atoms with Gasteiger partial charge in [-0.25, -0.2) is 0 Å². The Labute approximate surface area is 89.7 Å². The molecular weight excluding hydrogens is 190 g/mol. The Morgan fingerprint density at radius 1 is 1.47 bits per heavy atom. The molecule has 0 saturated heterocycles. The molecule has 0 radical (unpaired) electrons. The van der Waals surface area contributed by atoms with Crippen molar-refractivity contribution in [2.24, 2.45) is 0 Å². The third-order valence-corrected chi connectivity index (χ3v) is 3.17. The largest absolute Gasteiger partial charge is 0.337 e. The molecule has 1 heterocycles. The quantitative estimate of drug-likeness (QED) is 0.804. The highest BCUT2D eigenvalue weighted by Crippen LogP contribution is 2.22. The topological polar surface area (TPSA) is 49.0 Å². The summed E-state index contributed by atoms with van der Waals surface area (Å²) in [5.41, 5.74) is 0.586. The van der Waals surface area contributed by atoms with Crippen LogP contribution in [0.4, 0.5) is 0 Å². The van der Waals surface area contributed by atoms with Gasteiger partial charge in [0.2, 0.25) is 0 Å². The van der Waals surface area contributed by atoms with E-state index in [1.807, 2.05) is 11.9 Å². The molecule has 1 aromatic rings. The third kappa shape index (κ3) is 2.19. The first kappa shape index (κ1) is 10.2. The molecule has 0 atom stereocenters. The molecule has 1 aliphatic carbocycles. The number of nitrogens with one attached hydrogen (secondary N) is 1. The third-order valence-electron chi connectivity index (χ3n) is 3.17. The van der Waals surface area contributed by atoms with Crippen LogP contribution in [0.15, 0.2) is 12.3 Å². The molecule has 82 valence electrons. The van der Waals surface area contributed by atoms with E-state index in [1.165, 1.54) is 19.3 Å². The van der Waals surface area contributed by atoms with E-state index in [1.54, 1.807) is 12.3 Å². The molecule has 0 aromatic carbocycles. The second kappa shape index (κ2) is 4.47. The summed E-state index contributed by atoms with van der Waals surface area (Å²) in [5, 5.41) is 6.51. The summed E-state index contributed by atoms with van der Waals surface area (Å²) < 4.78 is 0. The van der Waals surface area contributed by atoms with Crippen molar-refractivity contribution in [1.29, 1.82) is 0 Å². The lowest BCUT2D eigenvalue weighted by Crippen LogP contribution is -2.38. The van der Waals surface area contributed by atoms with Crippen molar-refractivity contribution < 1.29 is 4.79 Å². The van der Waals surface area contributed by atoms with Gasteiger partial charge in [0.1, 0.15) is 5.69 Å². The first-order valence-corrected chi connectivity index (χ1v) is 5.55. The van der Waals surface area contributed by atoms with E-state index in [4.69, 9.17) is 0 Å². The van der Waals surface area contributed by atoms with Gasteiger partial charge in [-0.05, 0) is 18.9 Å². The van der Waals surface area contributed by atoms with Gasteiger partial charge in [0, 0.05) is 19.3 Å². The monoisotopic (exact) mass is 207 g/mol. The van der Waals surface area contributed by atoms with Gasteiger partial charge >= 0.3 is 0 Å². The zero-order valence-electron chi connectivity index (χ0n) is 9.07. The summed E-state index contributed by atoms with van der Waals surface area (Å²) >= 11 is 0. The van der Waals surface area contributed by atoms with Crippen LogP contribution in [0.2, 0.25) is 0 Å². The number of H-pyrrole nitrogens is 1. The van der Waals surface area contributed by atoms with Crippen LogP contribution in [0.3, 0.4) is 0 Å². The minimum absolute atomic E-state index is 0.0550. The van der Waals surface area contributed by atoms with E-state index in [0.717, 1.165) is 12.8 Å². The maximum absolute atomic E-state index is 12.0. The molecule has 4 heteroatoms. The number of aromatic amines is 1. The number of nitrogens with zero attached hydrogens (tertiary/aromatic N) is 2. The highest BCUT2D eigenvalue weighted by atomic mass is 16.2. The lowest BCUT2D eigenvalue weighted by atomic mass is 9.94. The van der Waals surface area contributed by atoms with Crippen molar-refractivity contribution in [3.63, 3.8) is 0 Å². The van der Waals surface area contributed by atoms with Gasteiger partial charge in [0.15, 0.2) is 0 Å². The van der Waals surface area contributed by atoms with Crippen LogP contribution in [0.5, 0.6) is 0 Å². The summed E-state index contributed by atoms with van der Waals surface area (Å²) in [6.45, 7) is 0. The van der Waals surface area contributed by atoms with E-state index in [9.17, 15) is 4.79 Å². The first-order chi connectivity index (χ1) is 7.29. The fourth-order valence-corrected chi connectivity index (χ4v) is 2.20. The van der Waals surface area contributed by atoms with E-state index < -0.39 is 0 Å². The minimum Gasteiger partial charge on any atom is -0.337 e. The van der Waals surface area contributed by atoms with Crippen molar-refractivity contribution in [3.8, 4) is 0 Å². The van der Waals surface area contributed by atoms with Crippen LogP contribution in [0, 0.1) is 0 Å². The maximum Gasteiger partial charge on any atom is 0.271 e. The van der Waals surface area contributed by atoms with Crippen molar-refractivity contribution in [1.82, 2.24) is 15.1 Å². The molecule has 0 spiro atoms. The predicted octanol–water partition coefficient (Wildman–Crippen LogP) is 1.81. The molecule has 2 rings (SSSR count). The second-order valence-corrected chi connectivity index (χ2v) is 4.18. The van der Waals surface area contributed by atoms with Gasteiger partial charge in [-0.3, -0.25) is 9.89 Å². The van der Waals surface area contributed by atoms with Crippen LogP contribution < -0.4 is 0 Å². The van der Waals surface area contributed by atoms with Gasteiger partial charge in [-0.1, -0.05) is 19.3 Å². The number of hydrogen-bond acceptors (Lipinski definition) is 2. The van der Waals surface area contributed by atoms with Crippen LogP contribution in [-0.4, -0.2) is 34.1 Å². The molecule has 1 saturated carbocycles. The normalized spacial score (nSPS) is 17.7. The van der Waals surface area contributed by atoms with Crippen molar-refractivity contribution in [2.45, 2.75) is 38.1 Å². The smallest absolute Gasteiger partial charge is 0.271 e. The van der Waals surface area contributed by atoms with Gasteiger partial charge in [0.05, 0.1) is 0 Å². The number of aromatic nitrogens is 2. The average Bonchev–Trinajstić information content (AvgIpc) is 2.82. The number of amides is 1. The zero-order chi connectivity index (χ0) is 10.7. The Morgan fingerprint density at radius 2 is 2.20 bits per heavy atom. The van der Waals surface area contributed by atoms with E-state index >= 15 is 0 Å². The number of hydrogen-bond donors (Lipinski definition) is 1. The van der Waals surface area contributed by atoms with Gasteiger partial charge in [-0.15, -0.1) is 0 Å². The van der Waals surface area contributed by atoms with Crippen LogP contribution in [0.25, 0.3) is 0 Å². The molecule has 0 bridgehead atoms. The highest BCUT2D eigenvalue weighted by molar-refractivity contribution is 5.92. The molecule has 15 heavy (non-hydrogen) atoms. The number of rotatable bonds is 2. The minimum atomic E-state index is 0.0550. The average molecular weight is 207 g/mol. The first-order valence-electron chi connectivity index (χ1n) is 5.55. The lowest BCUT2D eigenvalue weighted by Gasteiger charge is -2.30. The van der Waals surface area contributed by atoms with Gasteiger partial charge < -0.3 is 4.90 Å². The van der Waals surface area contributed by atoms with E-state index in [2.05, 4.69) is 10.2 Å². The second-order valence-electron chi connectivity index (χ2n) is 4.18. The molecule has 0 aliphatic heterocycles. The fourth-order valence-electron chi connectivity index (χ4n) is 2.20. The van der Waals surface area contributed by atoms with Crippen LogP contribution >= 0.6 is 0 Å². The summed E-state index contributed by atoms with van der Waals surface area (Å²) in [6.07, 6.45) is 7.67. The SMILES string of the molecule is CN(C(=O)c1ccn[nH]1)C1CCCCC1. The fraction of sp³-hybridized carbons (Fsp3) is 0.636. The Hall–Kier alpha value is -1.32. The van der Waals surface area contributed by atoms with Gasteiger partial charge in [0.25, 0.3) is 5.91 Å². The van der Waals surface area contributed by atoms with E-state index in [0.29, 0.717) is 11.7 Å². The number of carbonyl (C=O) groups is 1. The molecule has 1 aromatic heterocycles. The molecule has 1 aliphatic rings. The van der Waals surface area contributed by atoms with Crippen LogP contribution in [-0.2, 0) is 0 Å². The molecule has 1 fully saturated rings. The summed E-state index contributed by atoms with van der Waals surface area (Å²) in [7, 11) is 1.89. The number of carbonyl (C=O) groups excluding carboxylic acids is 1. The summed E-state index contributed by atoms with van der Waals surface area (Å²) in [4.78, 5) is 13.8. The highest BCUT2D eigenvalue weighted by Gasteiger charge is 2.23. The van der Waals surface area contributed by atoms with Crippen molar-refractivity contribution >= 4 is 5.91 Å². The predicted molar refractivity (Wildman–Crippen MR) is 57.6 cm³/mol. The molecule has 4 nitrogen and oxygen atoms in total. The molecule has 1 N–H and O–H groups in total. The Morgan fingerprint density at radius 3 is 2.80 bits per heavy atom. The lowest BCUT2D eigenvalue weighted by molar-refractivity contribution is 0.0690. The van der Waals surface area contributed by atoms with Crippen molar-refractivity contribution in [3.05, 3.63) is 18.0 Å². The maximum atomic E-state index is 12.0. The molecular formula is C11H17N3O. The Kier molecular flexibility index (Phi) is 3.04. The standard InChI is InChI=1S/C11H17N3O/c1-14(9-5-3-2-4-6-9)11(15)10-7-8-12-13-10/h7-9H,2-6H2,1H3,(H,12,13). The van der Waals surface area contributed by atoms with Gasteiger partial charge in [-0.2, -0.15) is 5.10 Å². The Bertz CT molecular complexity index is 315. The molecule has 1 amide bonds. The van der Waals surface area contributed by atoms with E-state index in [-0.39, 0.29) is 5.91 Å². The van der Waals surface area contributed by atoms with Crippen molar-refractivity contribution in [2.75, 3.05) is 7.05 Å². The summed E-state index contributed by atoms with van der Waals surface area (Å²) in [6, 6.07) is 2.14. The molecule has 0 unspecified atom stereocenters. The Balaban J connectivity index is 2.00. The zero-order valence-corrected chi connectivity index (χ0v) is 9.07. The summed E-state index contributed by atoms with van der Waals surface area (Å²) in [5.74, 6) is 0.0550. The van der Waals surface area contributed by atoms with Crippen LogP contribution in [0.1, 0.15) is 42.6 Å².